The first-order valence-corrected chi connectivity index (χ1v) is 4.73. The molecule has 0 unspecified atom stereocenters. The second-order valence-corrected chi connectivity index (χ2v) is 3.53. The van der Waals surface area contributed by atoms with Crippen molar-refractivity contribution in [2.24, 2.45) is 0 Å². The number of benzene rings is 1. The smallest absolute Gasteiger partial charge is 0.405 e. The lowest BCUT2D eigenvalue weighted by atomic mass is 10.0. The van der Waals surface area contributed by atoms with Crippen LogP contribution in [0.2, 0.25) is 0 Å². The van der Waals surface area contributed by atoms with Crippen molar-refractivity contribution in [3.05, 3.63) is 34.9 Å². The van der Waals surface area contributed by atoms with E-state index in [4.69, 9.17) is 10.4 Å². The molecule has 1 aliphatic rings. The fourth-order valence-electron chi connectivity index (χ4n) is 2.06. The molecule has 0 radical (unpaired) electrons. The van der Waals surface area contributed by atoms with Gasteiger partial charge in [0.05, 0.1) is 17.7 Å². The molecule has 1 aromatic rings. The Morgan fingerprint density at radius 2 is 2.40 bits per heavy atom. The van der Waals surface area contributed by atoms with Gasteiger partial charge in [-0.05, 0) is 30.0 Å². The third-order valence-corrected chi connectivity index (χ3v) is 2.69. The summed E-state index contributed by atoms with van der Waals surface area (Å²) in [4.78, 5) is 10.5. The molecule has 2 N–H and O–H groups in total. The molecule has 4 nitrogen and oxygen atoms in total. The maximum absolute atomic E-state index is 10.5. The maximum Gasteiger partial charge on any atom is 0.405 e. The highest BCUT2D eigenvalue weighted by Gasteiger charge is 2.25. The first kappa shape index (κ1) is 9.53. The van der Waals surface area contributed by atoms with Crippen molar-refractivity contribution in [2.75, 3.05) is 0 Å². The number of nitrogens with zero attached hydrogens (tertiary/aromatic N) is 1. The Morgan fingerprint density at radius 1 is 1.60 bits per heavy atom. The van der Waals surface area contributed by atoms with Crippen LogP contribution in [0.15, 0.2) is 18.2 Å². The second-order valence-electron chi connectivity index (χ2n) is 3.53. The number of rotatable bonds is 1. The molecule has 1 atom stereocenters. The molecule has 0 saturated carbocycles. The summed E-state index contributed by atoms with van der Waals surface area (Å²) in [5.74, 6) is 0. The number of hydrogen-bond acceptors (Lipinski definition) is 2. The maximum atomic E-state index is 10.5. The minimum Gasteiger partial charge on any atom is -0.465 e. The summed E-state index contributed by atoms with van der Waals surface area (Å²) in [6.07, 6.45) is 0.486. The van der Waals surface area contributed by atoms with E-state index in [9.17, 15) is 4.79 Å². The molecule has 0 bridgehead atoms. The Labute approximate surface area is 87.1 Å². The van der Waals surface area contributed by atoms with E-state index >= 15 is 0 Å². The third kappa shape index (κ3) is 1.64. The Balaban J connectivity index is 2.36. The average molecular weight is 202 g/mol. The minimum atomic E-state index is -1.02. The Bertz CT molecular complexity index is 448. The van der Waals surface area contributed by atoms with Crippen LogP contribution in [0.5, 0.6) is 0 Å². The van der Waals surface area contributed by atoms with Crippen LogP contribution in [0.3, 0.4) is 0 Å². The van der Waals surface area contributed by atoms with E-state index in [0.29, 0.717) is 5.56 Å². The number of carboxylic acid groups (broad SMARTS) is 1. The predicted molar refractivity (Wildman–Crippen MR) is 53.4 cm³/mol. The monoisotopic (exact) mass is 202 g/mol. The second kappa shape index (κ2) is 3.62. The standard InChI is InChI=1S/C11H10N2O2/c12-6-7-2-1-3-9-8(7)4-5-10(9)13-11(14)15/h1-3,10,13H,4-5H2,(H,14,15)/t10-/m0/s1. The molecular weight excluding hydrogens is 192 g/mol. The van der Waals surface area contributed by atoms with E-state index in [2.05, 4.69) is 11.4 Å². The predicted octanol–water partition coefficient (Wildman–Crippen LogP) is 1.81. The Hall–Kier alpha value is -2.02. The lowest BCUT2D eigenvalue weighted by Gasteiger charge is -2.10. The van der Waals surface area contributed by atoms with Gasteiger partial charge in [0.15, 0.2) is 0 Å². The van der Waals surface area contributed by atoms with Crippen LogP contribution < -0.4 is 5.32 Å². The van der Waals surface area contributed by atoms with Crippen molar-refractivity contribution >= 4 is 6.09 Å². The van der Waals surface area contributed by atoms with Gasteiger partial charge in [-0.1, -0.05) is 12.1 Å². The molecule has 1 aliphatic carbocycles. The van der Waals surface area contributed by atoms with Gasteiger partial charge >= 0.3 is 6.09 Å². The Kier molecular flexibility index (Phi) is 2.30. The summed E-state index contributed by atoms with van der Waals surface area (Å²) >= 11 is 0. The molecular formula is C11H10N2O2. The molecule has 0 aliphatic heterocycles. The van der Waals surface area contributed by atoms with Crippen molar-refractivity contribution in [3.8, 4) is 6.07 Å². The summed E-state index contributed by atoms with van der Waals surface area (Å²) < 4.78 is 0. The van der Waals surface area contributed by atoms with Crippen LogP contribution in [-0.4, -0.2) is 11.2 Å². The van der Waals surface area contributed by atoms with E-state index in [1.54, 1.807) is 12.1 Å². The van der Waals surface area contributed by atoms with Crippen LogP contribution in [0.25, 0.3) is 0 Å². The SMILES string of the molecule is N#Cc1cccc2c1CC[C@@H]2NC(=O)O. The van der Waals surface area contributed by atoms with Gasteiger partial charge in [0.1, 0.15) is 0 Å². The van der Waals surface area contributed by atoms with E-state index in [1.165, 1.54) is 0 Å². The molecule has 0 spiro atoms. The summed E-state index contributed by atoms with van der Waals surface area (Å²) in [6.45, 7) is 0. The fourth-order valence-corrected chi connectivity index (χ4v) is 2.06. The highest BCUT2D eigenvalue weighted by Crippen LogP contribution is 2.32. The highest BCUT2D eigenvalue weighted by molar-refractivity contribution is 5.66. The molecule has 4 heteroatoms. The Morgan fingerprint density at radius 3 is 3.07 bits per heavy atom. The topological polar surface area (TPSA) is 73.1 Å². The molecule has 0 aromatic heterocycles. The van der Waals surface area contributed by atoms with Gasteiger partial charge in [0.2, 0.25) is 0 Å². The third-order valence-electron chi connectivity index (χ3n) is 2.69. The van der Waals surface area contributed by atoms with Gasteiger partial charge in [-0.2, -0.15) is 5.26 Å². The van der Waals surface area contributed by atoms with E-state index in [-0.39, 0.29) is 6.04 Å². The number of nitriles is 1. The van der Waals surface area contributed by atoms with Crippen LogP contribution in [0.4, 0.5) is 4.79 Å². The molecule has 1 aromatic carbocycles. The van der Waals surface area contributed by atoms with Crippen LogP contribution in [0.1, 0.15) is 29.2 Å². The number of hydrogen-bond donors (Lipinski definition) is 2. The fraction of sp³-hybridized carbons (Fsp3) is 0.273. The first-order chi connectivity index (χ1) is 7.22. The molecule has 2 rings (SSSR count). The van der Waals surface area contributed by atoms with Crippen molar-refractivity contribution in [1.82, 2.24) is 5.32 Å². The van der Waals surface area contributed by atoms with Crippen LogP contribution in [0, 0.1) is 11.3 Å². The van der Waals surface area contributed by atoms with E-state index in [0.717, 1.165) is 24.0 Å². The molecule has 1 amide bonds. The summed E-state index contributed by atoms with van der Waals surface area (Å²) in [5.41, 5.74) is 2.58. The largest absolute Gasteiger partial charge is 0.465 e. The van der Waals surface area contributed by atoms with Gasteiger partial charge in [0.25, 0.3) is 0 Å². The van der Waals surface area contributed by atoms with Gasteiger partial charge in [-0.15, -0.1) is 0 Å². The molecule has 0 fully saturated rings. The lowest BCUT2D eigenvalue weighted by molar-refractivity contribution is 0.190. The van der Waals surface area contributed by atoms with E-state index < -0.39 is 6.09 Å². The van der Waals surface area contributed by atoms with Gasteiger partial charge in [-0.3, -0.25) is 0 Å². The number of carbonyl (C=O) groups is 1. The quantitative estimate of drug-likeness (QED) is 0.729. The summed E-state index contributed by atoms with van der Waals surface area (Å²) in [6, 6.07) is 7.40. The van der Waals surface area contributed by atoms with Crippen molar-refractivity contribution in [3.63, 3.8) is 0 Å². The average Bonchev–Trinajstić information content (AvgIpc) is 2.61. The summed E-state index contributed by atoms with van der Waals surface area (Å²) in [5, 5.41) is 20.0. The number of amides is 1. The van der Waals surface area contributed by atoms with Gasteiger partial charge in [0, 0.05) is 0 Å². The molecule has 76 valence electrons. The summed E-state index contributed by atoms with van der Waals surface area (Å²) in [7, 11) is 0. The number of nitrogens with one attached hydrogen (secondary N) is 1. The zero-order valence-electron chi connectivity index (χ0n) is 8.03. The molecule has 15 heavy (non-hydrogen) atoms. The zero-order valence-corrected chi connectivity index (χ0v) is 8.03. The lowest BCUT2D eigenvalue weighted by Crippen LogP contribution is -2.24. The molecule has 0 heterocycles. The minimum absolute atomic E-state index is 0.161. The first-order valence-electron chi connectivity index (χ1n) is 4.73. The normalized spacial score (nSPS) is 17.9. The number of fused-ring (bicyclic) bond motifs is 1. The van der Waals surface area contributed by atoms with Crippen LogP contribution in [-0.2, 0) is 6.42 Å². The van der Waals surface area contributed by atoms with Crippen molar-refractivity contribution < 1.29 is 9.90 Å². The van der Waals surface area contributed by atoms with E-state index in [1.807, 2.05) is 6.07 Å². The highest BCUT2D eigenvalue weighted by atomic mass is 16.4. The molecule has 0 saturated heterocycles. The van der Waals surface area contributed by atoms with Crippen LogP contribution >= 0.6 is 0 Å². The van der Waals surface area contributed by atoms with Crippen molar-refractivity contribution in [1.29, 1.82) is 5.26 Å². The van der Waals surface area contributed by atoms with Gasteiger partial charge in [-0.25, -0.2) is 4.79 Å². The van der Waals surface area contributed by atoms with Crippen molar-refractivity contribution in [2.45, 2.75) is 18.9 Å². The zero-order chi connectivity index (χ0) is 10.8. The van der Waals surface area contributed by atoms with Gasteiger partial charge < -0.3 is 10.4 Å².